The Labute approximate surface area is 240 Å². The molecule has 17 N–H and O–H groups in total. The summed E-state index contributed by atoms with van der Waals surface area (Å²) in [5, 5.41) is 92.4. The number of hydrogen-bond donors (Lipinski definition) is 13. The fourth-order valence-electron chi connectivity index (χ4n) is 5.65. The summed E-state index contributed by atoms with van der Waals surface area (Å²) in [6, 6.07) is -3.12. The third-order valence-corrected chi connectivity index (χ3v) is 8.24. The second kappa shape index (κ2) is 14.1. The minimum atomic E-state index is -1.78. The van der Waals surface area contributed by atoms with E-state index in [0.717, 1.165) is 0 Å². The normalized spacial score (nSPS) is 53.8. The van der Waals surface area contributed by atoms with E-state index in [-0.39, 0.29) is 13.0 Å². The summed E-state index contributed by atoms with van der Waals surface area (Å²) in [6.07, 6.45) is -23.3. The standard InChI is InChI=1S/C23H44N4O15/c24-2-7-12(31)14(33)10(27)21(37-7)41-19-9(4-29)39-23(17(19)36)42-20-11(30)5(25)1-6(26)18(20)40-22-16(35)15(34)13(32)8(3-28)38-22/h5-23,28-36H,1-4,24-27H2/t5-,6?,7?,8?,9-,10?,11?,12-,13-,14+,15+,16?,17?,18-,19+,20-,21-,22-,23+/m1/s1. The molecule has 1 aliphatic carbocycles. The average Bonchev–Trinajstić information content (AvgIpc) is 3.27. The Hall–Kier alpha value is -0.760. The van der Waals surface area contributed by atoms with Gasteiger partial charge in [-0.25, -0.2) is 0 Å². The monoisotopic (exact) mass is 616 g/mol. The van der Waals surface area contributed by atoms with Gasteiger partial charge in [0.15, 0.2) is 18.9 Å². The van der Waals surface area contributed by atoms with Gasteiger partial charge in [0.2, 0.25) is 0 Å². The number of rotatable bonds is 9. The minimum absolute atomic E-state index is 0.0234. The third-order valence-electron chi connectivity index (χ3n) is 8.24. The first kappa shape index (κ1) is 34.1. The zero-order chi connectivity index (χ0) is 31.0. The van der Waals surface area contributed by atoms with Crippen LogP contribution in [0.25, 0.3) is 0 Å². The van der Waals surface area contributed by atoms with Crippen LogP contribution in [0.3, 0.4) is 0 Å². The molecule has 1 saturated carbocycles. The molecule has 3 aliphatic heterocycles. The zero-order valence-corrected chi connectivity index (χ0v) is 22.6. The molecule has 0 amide bonds. The molecule has 4 rings (SSSR count). The van der Waals surface area contributed by atoms with Gasteiger partial charge in [0, 0.05) is 18.6 Å². The number of aliphatic hydroxyl groups is 9. The summed E-state index contributed by atoms with van der Waals surface area (Å²) in [5.74, 6) is 0. The average molecular weight is 617 g/mol. The maximum Gasteiger partial charge on any atom is 0.187 e. The van der Waals surface area contributed by atoms with Crippen molar-refractivity contribution in [1.29, 1.82) is 0 Å². The maximum absolute atomic E-state index is 11.1. The van der Waals surface area contributed by atoms with Crippen molar-refractivity contribution >= 4 is 0 Å². The Morgan fingerprint density at radius 3 is 1.67 bits per heavy atom. The van der Waals surface area contributed by atoms with E-state index in [2.05, 4.69) is 0 Å². The summed E-state index contributed by atoms with van der Waals surface area (Å²) in [7, 11) is 0. The van der Waals surface area contributed by atoms with E-state index in [0.29, 0.717) is 0 Å². The van der Waals surface area contributed by atoms with Gasteiger partial charge >= 0.3 is 0 Å². The lowest BCUT2D eigenvalue weighted by atomic mass is 9.84. The van der Waals surface area contributed by atoms with Crippen LogP contribution in [0.4, 0.5) is 0 Å². The molecule has 0 bridgehead atoms. The lowest BCUT2D eigenvalue weighted by Crippen LogP contribution is -2.67. The molecule has 7 unspecified atom stereocenters. The minimum Gasteiger partial charge on any atom is -0.394 e. The molecule has 0 aromatic carbocycles. The Kier molecular flexibility index (Phi) is 11.5. The highest BCUT2D eigenvalue weighted by Crippen LogP contribution is 2.34. The van der Waals surface area contributed by atoms with Crippen molar-refractivity contribution in [1.82, 2.24) is 0 Å². The highest BCUT2D eigenvalue weighted by molar-refractivity contribution is 5.01. The molecule has 3 heterocycles. The van der Waals surface area contributed by atoms with E-state index >= 15 is 0 Å². The van der Waals surface area contributed by atoms with Crippen LogP contribution < -0.4 is 22.9 Å². The van der Waals surface area contributed by atoms with Gasteiger partial charge in [-0.1, -0.05) is 0 Å². The van der Waals surface area contributed by atoms with Crippen molar-refractivity contribution in [3.05, 3.63) is 0 Å². The van der Waals surface area contributed by atoms with Gasteiger partial charge < -0.3 is 97.3 Å². The molecular weight excluding hydrogens is 572 g/mol. The predicted octanol–water partition coefficient (Wildman–Crippen LogP) is -8.83. The molecule has 4 fully saturated rings. The second-order valence-electron chi connectivity index (χ2n) is 11.1. The van der Waals surface area contributed by atoms with Crippen LogP contribution in [0.2, 0.25) is 0 Å². The van der Waals surface area contributed by atoms with Gasteiger partial charge in [0.05, 0.1) is 25.4 Å². The lowest BCUT2D eigenvalue weighted by molar-refractivity contribution is -0.333. The van der Waals surface area contributed by atoms with Crippen LogP contribution in [0.5, 0.6) is 0 Å². The summed E-state index contributed by atoms with van der Waals surface area (Å²) in [4.78, 5) is 0. The third kappa shape index (κ3) is 6.60. The Bertz CT molecular complexity index is 865. The van der Waals surface area contributed by atoms with E-state index in [1.807, 2.05) is 0 Å². The second-order valence-corrected chi connectivity index (χ2v) is 11.1. The van der Waals surface area contributed by atoms with Crippen molar-refractivity contribution in [2.24, 2.45) is 22.9 Å². The topological polar surface area (TPSA) is 342 Å². The lowest BCUT2D eigenvalue weighted by Gasteiger charge is -2.46. The molecule has 0 aromatic rings. The maximum atomic E-state index is 11.1. The van der Waals surface area contributed by atoms with Crippen LogP contribution in [0, 0.1) is 0 Å². The Balaban J connectivity index is 1.50. The number of nitrogens with two attached hydrogens (primary N) is 4. The molecule has 246 valence electrons. The first-order chi connectivity index (χ1) is 19.8. The van der Waals surface area contributed by atoms with Crippen LogP contribution in [-0.2, 0) is 28.4 Å². The fourth-order valence-corrected chi connectivity index (χ4v) is 5.65. The zero-order valence-electron chi connectivity index (χ0n) is 22.6. The van der Waals surface area contributed by atoms with Crippen LogP contribution >= 0.6 is 0 Å². The fraction of sp³-hybridized carbons (Fsp3) is 1.00. The number of hydrogen-bond acceptors (Lipinski definition) is 19. The first-order valence-corrected chi connectivity index (χ1v) is 13.7. The molecule has 42 heavy (non-hydrogen) atoms. The first-order valence-electron chi connectivity index (χ1n) is 13.7. The molecule has 0 spiro atoms. The van der Waals surface area contributed by atoms with Gasteiger partial charge in [0.25, 0.3) is 0 Å². The SMILES string of the molecule is NCC1O[C@H](O[C@@H]2C(O)[C@H](O[C@@H]3C(O)[C@H](N)CC(N)[C@H]3O[C@H]3OC(CO)[C@@H](O)[C@H](O)C3O)O[C@@H]2CO)C(N)[C@H](O)[C@@H]1O. The van der Waals surface area contributed by atoms with E-state index in [9.17, 15) is 46.0 Å². The smallest absolute Gasteiger partial charge is 0.187 e. The van der Waals surface area contributed by atoms with Crippen molar-refractivity contribution < 1.29 is 74.4 Å². The van der Waals surface area contributed by atoms with Gasteiger partial charge in [-0.05, 0) is 6.42 Å². The quantitative estimate of drug-likeness (QED) is 0.114. The van der Waals surface area contributed by atoms with Crippen molar-refractivity contribution in [2.75, 3.05) is 19.8 Å². The molecule has 3 saturated heterocycles. The highest BCUT2D eigenvalue weighted by Gasteiger charge is 2.54. The van der Waals surface area contributed by atoms with E-state index in [1.54, 1.807) is 0 Å². The van der Waals surface area contributed by atoms with Crippen molar-refractivity contribution in [2.45, 2.75) is 123 Å². The van der Waals surface area contributed by atoms with E-state index in [1.165, 1.54) is 0 Å². The molecule has 19 heteroatoms. The molecule has 0 aromatic heterocycles. The van der Waals surface area contributed by atoms with E-state index < -0.39 is 130 Å². The summed E-state index contributed by atoms with van der Waals surface area (Å²) >= 11 is 0. The predicted molar refractivity (Wildman–Crippen MR) is 134 cm³/mol. The molecule has 19 nitrogen and oxygen atoms in total. The van der Waals surface area contributed by atoms with Gasteiger partial charge in [0.1, 0.15) is 73.2 Å². The molecule has 4 aliphatic rings. The van der Waals surface area contributed by atoms with Crippen LogP contribution in [0.1, 0.15) is 6.42 Å². The summed E-state index contributed by atoms with van der Waals surface area (Å²) in [6.45, 7) is -1.57. The number of aliphatic hydroxyl groups excluding tert-OH is 9. The molecule has 0 radical (unpaired) electrons. The Morgan fingerprint density at radius 2 is 1.05 bits per heavy atom. The van der Waals surface area contributed by atoms with Crippen LogP contribution in [-0.4, -0.2) is 182 Å². The number of ether oxygens (including phenoxy) is 6. The Morgan fingerprint density at radius 1 is 0.524 bits per heavy atom. The van der Waals surface area contributed by atoms with Crippen molar-refractivity contribution in [3.8, 4) is 0 Å². The van der Waals surface area contributed by atoms with Crippen molar-refractivity contribution in [3.63, 3.8) is 0 Å². The summed E-state index contributed by atoms with van der Waals surface area (Å²) in [5.41, 5.74) is 23.8. The van der Waals surface area contributed by atoms with Crippen LogP contribution in [0.15, 0.2) is 0 Å². The molecule has 19 atom stereocenters. The molecular formula is C23H44N4O15. The van der Waals surface area contributed by atoms with E-state index in [4.69, 9.17) is 51.4 Å². The largest absolute Gasteiger partial charge is 0.394 e. The van der Waals surface area contributed by atoms with Gasteiger partial charge in [-0.15, -0.1) is 0 Å². The van der Waals surface area contributed by atoms with Gasteiger partial charge in [-0.3, -0.25) is 0 Å². The van der Waals surface area contributed by atoms with Gasteiger partial charge in [-0.2, -0.15) is 0 Å². The highest BCUT2D eigenvalue weighted by atomic mass is 16.8. The summed E-state index contributed by atoms with van der Waals surface area (Å²) < 4.78 is 34.1.